The number of amides is 2. The van der Waals surface area contributed by atoms with E-state index in [1.807, 2.05) is 0 Å². The minimum absolute atomic E-state index is 0.0319. The molecule has 1 saturated heterocycles. The van der Waals surface area contributed by atoms with Crippen molar-refractivity contribution in [3.05, 3.63) is 72.3 Å². The molecule has 7 unspecified atom stereocenters. The molecule has 400 valence electrons. The number of aromatic hydroxyl groups is 4. The summed E-state index contributed by atoms with van der Waals surface area (Å²) < 4.78 is 60.5. The number of hydrogen-bond donors (Lipinski definition) is 10. The molecule has 0 saturated carbocycles. The number of hydrogen-bond acceptors (Lipinski definition) is 27. The first-order chi connectivity index (χ1) is 34.0. The molecule has 0 bridgehead atoms. The molecular weight excluding hydrogens is 1060 g/mol. The van der Waals surface area contributed by atoms with Crippen molar-refractivity contribution in [3.8, 4) is 23.0 Å². The van der Waals surface area contributed by atoms with Crippen molar-refractivity contribution in [1.82, 2.24) is 30.2 Å². The maximum absolute atomic E-state index is 12.6. The number of nitrogens with one attached hydrogen (secondary N) is 2. The van der Waals surface area contributed by atoms with Crippen LogP contribution in [0.2, 0.25) is 0 Å². The Morgan fingerprint density at radius 2 is 1.49 bits per heavy atom. The van der Waals surface area contributed by atoms with Crippen molar-refractivity contribution in [1.29, 1.82) is 0 Å². The maximum atomic E-state index is 12.6. The van der Waals surface area contributed by atoms with Gasteiger partial charge >= 0.3 is 5.97 Å². The molecule has 0 aliphatic carbocycles. The second-order valence-electron chi connectivity index (χ2n) is 15.7. The predicted molar refractivity (Wildman–Crippen MR) is 243 cm³/mol. The number of rotatable bonds is 23. The number of phenolic OH excluding ortho intramolecular Hbond substituents is 4. The number of nitrogens with two attached hydrogens (primary N) is 1. The number of ether oxygens (including phenoxy) is 1. The van der Waals surface area contributed by atoms with Crippen LogP contribution < -0.4 is 35.9 Å². The lowest BCUT2D eigenvalue weighted by atomic mass is 9.87. The number of aromatic nitrogens is 4. The van der Waals surface area contributed by atoms with E-state index in [9.17, 15) is 72.9 Å². The Labute approximate surface area is 416 Å². The number of carboxylic acid groups (broad SMARTS) is 1. The van der Waals surface area contributed by atoms with Crippen LogP contribution in [-0.4, -0.2) is 135 Å². The van der Waals surface area contributed by atoms with Crippen molar-refractivity contribution < 1.29 is 111 Å². The number of aliphatic hydroxyl groups excluding tert-OH is 2. The number of thioether (sulfide) groups is 1. The molecule has 1 aliphatic rings. The minimum atomic E-state index is -5.94. The first-order valence-electron chi connectivity index (χ1n) is 20.6. The lowest BCUT2D eigenvalue weighted by Crippen LogP contribution is -2.46. The summed E-state index contributed by atoms with van der Waals surface area (Å²) in [7, 11) is -17.7. The normalized spacial score (nSPS) is 19.2. The van der Waals surface area contributed by atoms with E-state index in [0.717, 1.165) is 35.1 Å². The number of fused-ring (bicyclic) bond motifs is 1. The molecule has 1 fully saturated rings. The molecule has 0 spiro atoms. The van der Waals surface area contributed by atoms with Crippen molar-refractivity contribution in [2.75, 3.05) is 37.8 Å². The van der Waals surface area contributed by atoms with Gasteiger partial charge in [0, 0.05) is 36.8 Å². The number of phosphoric ester groups is 3. The third-order valence-electron chi connectivity index (χ3n) is 9.55. The fourth-order valence-corrected chi connectivity index (χ4v) is 9.23. The van der Waals surface area contributed by atoms with Gasteiger partial charge < -0.3 is 94.6 Å². The summed E-state index contributed by atoms with van der Waals surface area (Å²) in [4.78, 5) is 106. The van der Waals surface area contributed by atoms with Gasteiger partial charge in [0.25, 0.3) is 15.6 Å². The number of carboxylic acids is 1. The molecule has 34 heteroatoms. The van der Waals surface area contributed by atoms with Crippen LogP contribution in [0.25, 0.3) is 23.3 Å². The lowest BCUT2D eigenvalue weighted by Gasteiger charge is -2.36. The van der Waals surface area contributed by atoms with Crippen molar-refractivity contribution >= 4 is 87.3 Å². The Hall–Kier alpha value is -5.85. The Morgan fingerprint density at radius 3 is 2.08 bits per heavy atom. The summed E-state index contributed by atoms with van der Waals surface area (Å²) in [5.41, 5.74) is 4.99. The summed E-state index contributed by atoms with van der Waals surface area (Å²) >= 11 is 0.886. The molecular formula is C39H46N7O23P3S-4. The topological polar surface area (TPSA) is 493 Å². The van der Waals surface area contributed by atoms with Crippen molar-refractivity contribution in [3.63, 3.8) is 0 Å². The third-order valence-corrected chi connectivity index (χ3v) is 13.4. The molecule has 2 aromatic carbocycles. The van der Waals surface area contributed by atoms with Crippen molar-refractivity contribution in [2.45, 2.75) is 50.9 Å². The summed E-state index contributed by atoms with van der Waals surface area (Å²) in [6.45, 7) is -0.155. The van der Waals surface area contributed by atoms with Crippen LogP contribution in [0.15, 0.2) is 61.2 Å². The monoisotopic (exact) mass is 1110 g/mol. The van der Waals surface area contributed by atoms with Crippen LogP contribution in [0.4, 0.5) is 5.82 Å². The van der Waals surface area contributed by atoms with E-state index in [1.165, 1.54) is 68.5 Å². The van der Waals surface area contributed by atoms with Crippen LogP contribution >= 0.6 is 35.2 Å². The van der Waals surface area contributed by atoms with E-state index in [0.29, 0.717) is 11.1 Å². The molecule has 73 heavy (non-hydrogen) atoms. The second-order valence-corrected chi connectivity index (χ2v) is 20.8. The lowest BCUT2D eigenvalue weighted by molar-refractivity contribution is -0.347. The number of imidazole rings is 1. The molecule has 11 N–H and O–H groups in total. The summed E-state index contributed by atoms with van der Waals surface area (Å²) in [5, 5.41) is 70.9. The SMILES string of the molecule is CC(C)(COP(=O)([O-])OP(=O)([O-])OCC1OC(n2cnc3c(N)ncnc32)C(O)C1OP(=O)([O-])[O-])C(O)C(=O)NCCC(=O)NCCSC(=O)/C=C/c1ccc(O)c(O)c1.O=C(O)/C=C/c1ccc(O)c(O)c1. The van der Waals surface area contributed by atoms with Gasteiger partial charge in [-0.1, -0.05) is 43.8 Å². The summed E-state index contributed by atoms with van der Waals surface area (Å²) in [5.74, 6) is -3.70. The Kier molecular flexibility index (Phi) is 21.2. The Morgan fingerprint density at radius 1 is 0.890 bits per heavy atom. The highest BCUT2D eigenvalue weighted by Gasteiger charge is 2.47. The van der Waals surface area contributed by atoms with Crippen LogP contribution in [-0.2, 0) is 55.5 Å². The first-order valence-corrected chi connectivity index (χ1v) is 26.0. The zero-order chi connectivity index (χ0) is 54.5. The van der Waals surface area contributed by atoms with Crippen LogP contribution in [0, 0.1) is 5.41 Å². The largest absolute Gasteiger partial charge is 0.790 e. The van der Waals surface area contributed by atoms with Gasteiger partial charge in [0.1, 0.15) is 36.3 Å². The highest BCUT2D eigenvalue weighted by molar-refractivity contribution is 8.14. The summed E-state index contributed by atoms with van der Waals surface area (Å²) in [6.07, 6.45) is -2.82. The number of aliphatic hydroxyl groups is 2. The van der Waals surface area contributed by atoms with E-state index >= 15 is 0 Å². The molecule has 0 radical (unpaired) electrons. The van der Waals surface area contributed by atoms with E-state index in [1.54, 1.807) is 0 Å². The fraction of sp³-hybridized carbons (Fsp3) is 0.359. The number of anilines is 1. The molecule has 3 heterocycles. The number of aliphatic carboxylic acids is 1. The average Bonchev–Trinajstić information content (AvgIpc) is 3.86. The molecule has 7 atom stereocenters. The predicted octanol–water partition coefficient (Wildman–Crippen LogP) is -1.54. The zero-order valence-corrected chi connectivity index (χ0v) is 41.3. The van der Waals surface area contributed by atoms with Gasteiger partial charge in [-0.3, -0.25) is 28.1 Å². The van der Waals surface area contributed by atoms with Crippen LogP contribution in [0.3, 0.4) is 0 Å². The van der Waals surface area contributed by atoms with Gasteiger partial charge in [-0.05, 0) is 47.5 Å². The third kappa shape index (κ3) is 18.9. The molecule has 1 aliphatic heterocycles. The van der Waals surface area contributed by atoms with E-state index in [-0.39, 0.29) is 70.4 Å². The maximum Gasteiger partial charge on any atom is 0.328 e. The van der Waals surface area contributed by atoms with Crippen LogP contribution in [0.5, 0.6) is 23.0 Å². The minimum Gasteiger partial charge on any atom is -0.790 e. The quantitative estimate of drug-likeness (QED) is 0.0174. The van der Waals surface area contributed by atoms with Gasteiger partial charge in [0.2, 0.25) is 16.9 Å². The standard InChI is InChI=1S/C30H42N7O19P3S.C9H8O4/c1-30(2,25(43)28(44)33-8-7-20(40)32-9-10-60-21(41)6-4-16-3-5-17(38)18(39)11-16)13-53-59(50,51)56-58(48,49)52-12-19-24(55-57(45,46)47)23(42)29(54-19)37-15-36-22-26(31)34-14-35-27(22)37;10-7-3-1-6(5-8(7)11)2-4-9(12)13/h3-6,11,14-15,19,23-25,29,38-39,42-43H,7-10,12-13H2,1-2H3,(H,32,40)(H,33,44)(H,48,49)(H,50,51)(H2,31,34,35)(H2,45,46,47);1-5,10-11H,(H,12,13)/p-4/b6-4+;4-2+. The zero-order valence-electron chi connectivity index (χ0n) is 37.8. The number of phenols is 4. The van der Waals surface area contributed by atoms with Gasteiger partial charge in [0.15, 0.2) is 40.7 Å². The second kappa shape index (κ2) is 25.9. The number of carbonyl (C=O) groups excluding carboxylic acids is 3. The fourth-order valence-electron chi connectivity index (χ4n) is 5.93. The number of nitrogen functional groups attached to an aromatic ring is 1. The molecule has 30 nitrogen and oxygen atoms in total. The first kappa shape index (κ1) is 59.7. The van der Waals surface area contributed by atoms with E-state index < -0.39 is 90.5 Å². The Bertz CT molecular complexity index is 2830. The number of phosphoric acid groups is 3. The van der Waals surface area contributed by atoms with E-state index in [4.69, 9.17) is 25.8 Å². The highest BCUT2D eigenvalue weighted by atomic mass is 32.2. The molecule has 4 aromatic rings. The molecule has 2 amide bonds. The molecule has 5 rings (SSSR count). The smallest absolute Gasteiger partial charge is 0.328 e. The number of benzene rings is 2. The van der Waals surface area contributed by atoms with Gasteiger partial charge in [-0.15, -0.1) is 0 Å². The van der Waals surface area contributed by atoms with E-state index in [2.05, 4.69) is 43.5 Å². The van der Waals surface area contributed by atoms with Crippen molar-refractivity contribution in [2.24, 2.45) is 5.41 Å². The van der Waals surface area contributed by atoms with Gasteiger partial charge in [-0.2, -0.15) is 0 Å². The van der Waals surface area contributed by atoms with Gasteiger partial charge in [0.05, 0.1) is 27.4 Å². The number of nitrogens with zero attached hydrogens (tertiary/aromatic N) is 4. The van der Waals surface area contributed by atoms with Crippen LogP contribution in [0.1, 0.15) is 37.6 Å². The highest BCUT2D eigenvalue weighted by Crippen LogP contribution is 2.56. The van der Waals surface area contributed by atoms with Gasteiger partial charge in [-0.25, -0.2) is 24.1 Å². The average molecular weight is 1110 g/mol. The molecule has 2 aromatic heterocycles. The number of carbonyl (C=O) groups is 4. The Balaban J connectivity index is 0.000000770. The summed E-state index contributed by atoms with van der Waals surface area (Å²) in [6, 6.07) is 8.06.